The van der Waals surface area contributed by atoms with Crippen molar-refractivity contribution >= 4 is 11.5 Å². The summed E-state index contributed by atoms with van der Waals surface area (Å²) in [5, 5.41) is 0. The summed E-state index contributed by atoms with van der Waals surface area (Å²) in [5.74, 6) is 2.81. The smallest absolute Gasteiger partial charge is 0.139 e. The lowest BCUT2D eigenvalue weighted by Crippen LogP contribution is -2.50. The van der Waals surface area contributed by atoms with E-state index in [-0.39, 0.29) is 5.41 Å². The van der Waals surface area contributed by atoms with Gasteiger partial charge < -0.3 is 0 Å². The summed E-state index contributed by atoms with van der Waals surface area (Å²) in [6, 6.07) is 0. The summed E-state index contributed by atoms with van der Waals surface area (Å²) in [6.45, 7) is 4.79. The Hall–Kier alpha value is -0.920. The number of Topliss-reactive ketones (excluding diaryl/α,β-unsaturated/α-hetero) is 1. The molecule has 0 amide bonds. The minimum atomic E-state index is 0.0173. The van der Waals surface area contributed by atoms with Crippen molar-refractivity contribution in [2.24, 2.45) is 33.6 Å². The van der Waals surface area contributed by atoms with Crippen LogP contribution in [-0.2, 0) is 4.79 Å². The SMILES string of the molecule is CN=C1C=C2CCC3C(CC[C@]4(C)C(=O)CCC34)C2(C)CC1. The molecular formula is C20H29NO. The van der Waals surface area contributed by atoms with Crippen LogP contribution in [-0.4, -0.2) is 18.5 Å². The van der Waals surface area contributed by atoms with Gasteiger partial charge in [-0.15, -0.1) is 0 Å². The van der Waals surface area contributed by atoms with Crippen molar-refractivity contribution in [3.8, 4) is 0 Å². The zero-order valence-electron chi connectivity index (χ0n) is 14.3. The molecule has 5 atom stereocenters. The van der Waals surface area contributed by atoms with Gasteiger partial charge in [0.2, 0.25) is 0 Å². The first-order valence-corrected chi connectivity index (χ1v) is 9.19. The molecule has 4 rings (SSSR count). The van der Waals surface area contributed by atoms with Crippen LogP contribution in [0.25, 0.3) is 0 Å². The fourth-order valence-corrected chi connectivity index (χ4v) is 6.52. The molecule has 4 aliphatic carbocycles. The van der Waals surface area contributed by atoms with Crippen molar-refractivity contribution in [3.63, 3.8) is 0 Å². The normalized spacial score (nSPS) is 49.4. The van der Waals surface area contributed by atoms with Gasteiger partial charge in [-0.05, 0) is 74.2 Å². The number of fused-ring (bicyclic) bond motifs is 5. The monoisotopic (exact) mass is 299 g/mol. The molecule has 0 saturated heterocycles. The molecule has 3 fully saturated rings. The van der Waals surface area contributed by atoms with Crippen LogP contribution >= 0.6 is 0 Å². The van der Waals surface area contributed by atoms with Gasteiger partial charge in [0, 0.05) is 24.6 Å². The molecule has 0 aromatic rings. The predicted molar refractivity (Wildman–Crippen MR) is 90.1 cm³/mol. The number of carbonyl (C=O) groups is 1. The summed E-state index contributed by atoms with van der Waals surface area (Å²) in [7, 11) is 1.93. The molecule has 0 heterocycles. The van der Waals surface area contributed by atoms with E-state index in [2.05, 4.69) is 24.9 Å². The molecule has 3 saturated carbocycles. The van der Waals surface area contributed by atoms with E-state index in [1.165, 1.54) is 31.4 Å². The number of carbonyl (C=O) groups excluding carboxylic acids is 1. The quantitative estimate of drug-likeness (QED) is 0.643. The highest BCUT2D eigenvalue weighted by Crippen LogP contribution is 2.64. The number of aliphatic imine (C=N–C) groups is 1. The number of nitrogens with zero attached hydrogens (tertiary/aromatic N) is 1. The average molecular weight is 299 g/mol. The van der Waals surface area contributed by atoms with Crippen molar-refractivity contribution < 1.29 is 4.79 Å². The molecule has 0 aliphatic heterocycles. The van der Waals surface area contributed by atoms with Crippen LogP contribution in [0, 0.1) is 28.6 Å². The highest BCUT2D eigenvalue weighted by molar-refractivity contribution is 5.96. The van der Waals surface area contributed by atoms with E-state index < -0.39 is 0 Å². The van der Waals surface area contributed by atoms with Crippen LogP contribution in [0.1, 0.15) is 65.2 Å². The number of hydrogen-bond acceptors (Lipinski definition) is 2. The highest BCUT2D eigenvalue weighted by Gasteiger charge is 2.58. The third kappa shape index (κ3) is 1.79. The van der Waals surface area contributed by atoms with Crippen LogP contribution in [0.3, 0.4) is 0 Å². The van der Waals surface area contributed by atoms with E-state index in [1.54, 1.807) is 5.57 Å². The lowest BCUT2D eigenvalue weighted by atomic mass is 9.47. The van der Waals surface area contributed by atoms with E-state index in [0.29, 0.717) is 17.1 Å². The Morgan fingerprint density at radius 3 is 2.55 bits per heavy atom. The Kier molecular flexibility index (Phi) is 3.19. The zero-order chi connectivity index (χ0) is 15.5. The van der Waals surface area contributed by atoms with Gasteiger partial charge in [-0.25, -0.2) is 0 Å². The number of ketones is 1. The maximum absolute atomic E-state index is 12.4. The van der Waals surface area contributed by atoms with Crippen molar-refractivity contribution in [1.82, 2.24) is 0 Å². The summed E-state index contributed by atoms with van der Waals surface area (Å²) in [5.41, 5.74) is 3.35. The van der Waals surface area contributed by atoms with Gasteiger partial charge in [-0.2, -0.15) is 0 Å². The molecule has 0 aromatic carbocycles. The standard InChI is InChI=1S/C20H29NO/c1-19-10-8-14(21-3)12-13(19)4-5-15-16-6-7-18(22)20(16,2)11-9-17(15)19/h12,15-17H,4-11H2,1-3H3/t15?,16?,17?,19?,20-/m0/s1. The van der Waals surface area contributed by atoms with E-state index in [4.69, 9.17) is 0 Å². The van der Waals surface area contributed by atoms with Gasteiger partial charge in [-0.3, -0.25) is 9.79 Å². The molecule has 4 unspecified atom stereocenters. The molecular weight excluding hydrogens is 270 g/mol. The van der Waals surface area contributed by atoms with E-state index in [0.717, 1.165) is 37.5 Å². The van der Waals surface area contributed by atoms with Gasteiger partial charge in [0.15, 0.2) is 0 Å². The summed E-state index contributed by atoms with van der Waals surface area (Å²) >= 11 is 0. The molecule has 0 spiro atoms. The molecule has 0 radical (unpaired) electrons. The summed E-state index contributed by atoms with van der Waals surface area (Å²) in [6.07, 6.45) is 11.8. The van der Waals surface area contributed by atoms with E-state index in [9.17, 15) is 4.79 Å². The number of allylic oxidation sites excluding steroid dienone is 2. The first-order valence-electron chi connectivity index (χ1n) is 9.19. The van der Waals surface area contributed by atoms with Crippen molar-refractivity contribution in [2.75, 3.05) is 7.05 Å². The lowest BCUT2D eigenvalue weighted by molar-refractivity contribution is -0.132. The zero-order valence-corrected chi connectivity index (χ0v) is 14.3. The Morgan fingerprint density at radius 1 is 1.00 bits per heavy atom. The third-order valence-corrected chi connectivity index (χ3v) is 7.97. The average Bonchev–Trinajstić information content (AvgIpc) is 2.82. The predicted octanol–water partition coefficient (Wildman–Crippen LogP) is 4.59. The fourth-order valence-electron chi connectivity index (χ4n) is 6.52. The molecule has 120 valence electrons. The number of rotatable bonds is 0. The summed E-state index contributed by atoms with van der Waals surface area (Å²) in [4.78, 5) is 16.9. The van der Waals surface area contributed by atoms with Crippen LogP contribution in [0.5, 0.6) is 0 Å². The topological polar surface area (TPSA) is 29.4 Å². The van der Waals surface area contributed by atoms with Gasteiger partial charge >= 0.3 is 0 Å². The largest absolute Gasteiger partial charge is 0.299 e. The Balaban J connectivity index is 1.69. The Bertz CT molecular complexity index is 574. The molecule has 0 bridgehead atoms. The van der Waals surface area contributed by atoms with Gasteiger partial charge in [0.1, 0.15) is 5.78 Å². The third-order valence-electron chi connectivity index (χ3n) is 7.97. The van der Waals surface area contributed by atoms with Crippen LogP contribution in [0.4, 0.5) is 0 Å². The van der Waals surface area contributed by atoms with Crippen LogP contribution in [0.15, 0.2) is 16.6 Å². The Morgan fingerprint density at radius 2 is 1.77 bits per heavy atom. The maximum atomic E-state index is 12.4. The summed E-state index contributed by atoms with van der Waals surface area (Å²) < 4.78 is 0. The lowest BCUT2D eigenvalue weighted by Gasteiger charge is -2.57. The van der Waals surface area contributed by atoms with Crippen molar-refractivity contribution in [2.45, 2.75) is 65.2 Å². The van der Waals surface area contributed by atoms with E-state index >= 15 is 0 Å². The minimum absolute atomic E-state index is 0.0173. The maximum Gasteiger partial charge on any atom is 0.139 e. The fraction of sp³-hybridized carbons (Fsp3) is 0.800. The van der Waals surface area contributed by atoms with Gasteiger partial charge in [-0.1, -0.05) is 19.4 Å². The first-order chi connectivity index (χ1) is 10.5. The molecule has 2 nitrogen and oxygen atoms in total. The minimum Gasteiger partial charge on any atom is -0.299 e. The van der Waals surface area contributed by atoms with E-state index in [1.807, 2.05) is 7.05 Å². The van der Waals surface area contributed by atoms with Gasteiger partial charge in [0.05, 0.1) is 0 Å². The molecule has 2 heteroatoms. The van der Waals surface area contributed by atoms with Crippen molar-refractivity contribution in [3.05, 3.63) is 11.6 Å². The molecule has 4 aliphatic rings. The second-order valence-electron chi connectivity index (χ2n) is 8.64. The molecule has 22 heavy (non-hydrogen) atoms. The number of hydrogen-bond donors (Lipinski definition) is 0. The highest BCUT2D eigenvalue weighted by atomic mass is 16.1. The van der Waals surface area contributed by atoms with Gasteiger partial charge in [0.25, 0.3) is 0 Å². The molecule has 0 aromatic heterocycles. The second-order valence-corrected chi connectivity index (χ2v) is 8.64. The first kappa shape index (κ1) is 14.7. The van der Waals surface area contributed by atoms with Crippen LogP contribution in [0.2, 0.25) is 0 Å². The van der Waals surface area contributed by atoms with Crippen LogP contribution < -0.4 is 0 Å². The Labute approximate surface area is 134 Å². The van der Waals surface area contributed by atoms with Crippen molar-refractivity contribution in [1.29, 1.82) is 0 Å². The second kappa shape index (κ2) is 4.79. The molecule has 0 N–H and O–H groups in total.